The average molecular weight is 259 g/mol. The first-order valence-corrected chi connectivity index (χ1v) is 4.99. The van der Waals surface area contributed by atoms with Crippen molar-refractivity contribution in [3.8, 4) is 5.75 Å². The van der Waals surface area contributed by atoms with Crippen LogP contribution in [-0.4, -0.2) is 34.6 Å². The van der Waals surface area contributed by atoms with Crippen LogP contribution >= 0.6 is 0 Å². The minimum absolute atomic E-state index is 0.00207. The van der Waals surface area contributed by atoms with Gasteiger partial charge < -0.3 is 15.5 Å². The number of carbonyl (C=O) groups is 2. The molecule has 3 N–H and O–H groups in total. The molecule has 0 fully saturated rings. The molecule has 0 spiro atoms. The Morgan fingerprint density at radius 3 is 2.22 bits per heavy atom. The molecule has 18 heavy (non-hydrogen) atoms. The van der Waals surface area contributed by atoms with Gasteiger partial charge in [0.15, 0.2) is 0 Å². The quantitative estimate of drug-likeness (QED) is 0.729. The number of nitrogens with one attached hydrogen (secondary N) is 1. The summed E-state index contributed by atoms with van der Waals surface area (Å²) in [6, 6.07) is 4.13. The van der Waals surface area contributed by atoms with Crippen LogP contribution in [0.15, 0.2) is 24.3 Å². The Hall–Kier alpha value is -2.18. The Morgan fingerprint density at radius 2 is 1.78 bits per heavy atom. The van der Waals surface area contributed by atoms with Crippen LogP contribution in [0.3, 0.4) is 0 Å². The highest BCUT2D eigenvalue weighted by atomic mass is 19.3. The van der Waals surface area contributed by atoms with Crippen molar-refractivity contribution >= 4 is 11.9 Å². The molecule has 0 saturated heterocycles. The summed E-state index contributed by atoms with van der Waals surface area (Å²) < 4.78 is 24.0. The Labute approximate surface area is 101 Å². The standard InChI is InChI=1S/C11H11F2NO4/c12-9(13)10(16)14-8(11(17)18)5-6-1-3-7(15)4-2-6/h1-4,8-9,15H,5H2,(H,14,16)(H,17,18)/t8-/m0/s1. The van der Waals surface area contributed by atoms with E-state index in [4.69, 9.17) is 10.2 Å². The number of halogens is 2. The average Bonchev–Trinajstić information content (AvgIpc) is 2.30. The molecule has 0 aliphatic carbocycles. The normalized spacial score (nSPS) is 12.2. The summed E-state index contributed by atoms with van der Waals surface area (Å²) in [5.74, 6) is -3.03. The molecule has 0 aromatic heterocycles. The zero-order chi connectivity index (χ0) is 13.7. The Morgan fingerprint density at radius 1 is 1.22 bits per heavy atom. The molecule has 0 heterocycles. The van der Waals surface area contributed by atoms with Crippen molar-refractivity contribution in [2.45, 2.75) is 18.9 Å². The number of hydrogen-bond donors (Lipinski definition) is 3. The van der Waals surface area contributed by atoms with Gasteiger partial charge >= 0.3 is 12.4 Å². The van der Waals surface area contributed by atoms with E-state index in [-0.39, 0.29) is 12.2 Å². The number of phenols is 1. The number of amides is 1. The first kappa shape index (κ1) is 13.9. The van der Waals surface area contributed by atoms with Gasteiger partial charge in [0, 0.05) is 6.42 Å². The Balaban J connectivity index is 2.72. The first-order chi connectivity index (χ1) is 8.40. The molecule has 1 aromatic rings. The summed E-state index contributed by atoms with van der Waals surface area (Å²) in [5.41, 5.74) is 0.495. The predicted octanol–water partition coefficient (Wildman–Crippen LogP) is 0.769. The van der Waals surface area contributed by atoms with Gasteiger partial charge in [-0.15, -0.1) is 0 Å². The summed E-state index contributed by atoms with van der Waals surface area (Å²) in [7, 11) is 0. The lowest BCUT2D eigenvalue weighted by atomic mass is 10.1. The number of hydrogen-bond acceptors (Lipinski definition) is 3. The molecule has 1 amide bonds. The van der Waals surface area contributed by atoms with Crippen LogP contribution in [0.1, 0.15) is 5.56 Å². The van der Waals surface area contributed by atoms with Crippen molar-refractivity contribution in [1.29, 1.82) is 0 Å². The first-order valence-electron chi connectivity index (χ1n) is 4.99. The lowest BCUT2D eigenvalue weighted by Gasteiger charge is -2.14. The highest BCUT2D eigenvalue weighted by Gasteiger charge is 2.24. The third kappa shape index (κ3) is 4.00. The maximum atomic E-state index is 12.0. The molecule has 0 aliphatic heterocycles. The van der Waals surface area contributed by atoms with E-state index >= 15 is 0 Å². The van der Waals surface area contributed by atoms with Crippen LogP contribution in [-0.2, 0) is 16.0 Å². The van der Waals surface area contributed by atoms with Crippen LogP contribution in [0.2, 0.25) is 0 Å². The minimum Gasteiger partial charge on any atom is -0.508 e. The smallest absolute Gasteiger partial charge is 0.326 e. The third-order valence-corrected chi connectivity index (χ3v) is 2.19. The van der Waals surface area contributed by atoms with Gasteiger partial charge in [-0.25, -0.2) is 4.79 Å². The molecule has 5 nitrogen and oxygen atoms in total. The van der Waals surface area contributed by atoms with Crippen molar-refractivity contribution in [2.75, 3.05) is 0 Å². The number of carbonyl (C=O) groups excluding carboxylic acids is 1. The minimum atomic E-state index is -3.26. The molecular weight excluding hydrogens is 248 g/mol. The number of aliphatic carboxylic acids is 1. The molecule has 0 bridgehead atoms. The van der Waals surface area contributed by atoms with Gasteiger partial charge in [-0.05, 0) is 17.7 Å². The second kappa shape index (κ2) is 5.95. The SMILES string of the molecule is O=C(N[C@@H](Cc1ccc(O)cc1)C(=O)O)C(F)F. The second-order valence-electron chi connectivity index (χ2n) is 3.57. The summed E-state index contributed by atoms with van der Waals surface area (Å²) in [6.07, 6.45) is -3.40. The van der Waals surface area contributed by atoms with E-state index in [2.05, 4.69) is 0 Å². The summed E-state index contributed by atoms with van der Waals surface area (Å²) in [6.45, 7) is 0. The van der Waals surface area contributed by atoms with Gasteiger partial charge in [0.1, 0.15) is 11.8 Å². The van der Waals surface area contributed by atoms with E-state index in [0.29, 0.717) is 5.56 Å². The fraction of sp³-hybridized carbons (Fsp3) is 0.273. The number of carboxylic acid groups (broad SMARTS) is 1. The zero-order valence-corrected chi connectivity index (χ0v) is 9.14. The Bertz CT molecular complexity index is 433. The van der Waals surface area contributed by atoms with E-state index < -0.39 is 24.3 Å². The van der Waals surface area contributed by atoms with Crippen molar-refractivity contribution in [3.05, 3.63) is 29.8 Å². The van der Waals surface area contributed by atoms with Gasteiger partial charge in [0.05, 0.1) is 0 Å². The third-order valence-electron chi connectivity index (χ3n) is 2.19. The van der Waals surface area contributed by atoms with Crippen molar-refractivity contribution < 1.29 is 28.6 Å². The molecule has 7 heteroatoms. The molecule has 0 unspecified atom stereocenters. The molecule has 1 rings (SSSR count). The molecule has 0 aliphatic rings. The monoisotopic (exact) mass is 259 g/mol. The van der Waals surface area contributed by atoms with E-state index in [1.165, 1.54) is 24.3 Å². The fourth-order valence-corrected chi connectivity index (χ4v) is 1.30. The number of benzene rings is 1. The summed E-state index contributed by atoms with van der Waals surface area (Å²) in [5, 5.41) is 19.6. The van der Waals surface area contributed by atoms with Gasteiger partial charge in [-0.3, -0.25) is 4.79 Å². The number of alkyl halides is 2. The van der Waals surface area contributed by atoms with E-state index in [1.54, 1.807) is 5.32 Å². The van der Waals surface area contributed by atoms with Gasteiger partial charge in [-0.1, -0.05) is 12.1 Å². The number of rotatable bonds is 5. The molecule has 1 aromatic carbocycles. The Kier molecular flexibility index (Phi) is 4.59. The lowest BCUT2D eigenvalue weighted by Crippen LogP contribution is -2.44. The topological polar surface area (TPSA) is 86.6 Å². The van der Waals surface area contributed by atoms with Crippen LogP contribution in [0.5, 0.6) is 5.75 Å². The predicted molar refractivity (Wildman–Crippen MR) is 57.4 cm³/mol. The second-order valence-corrected chi connectivity index (χ2v) is 3.57. The highest BCUT2D eigenvalue weighted by molar-refractivity contribution is 5.85. The van der Waals surface area contributed by atoms with Gasteiger partial charge in [-0.2, -0.15) is 8.78 Å². The number of phenolic OH excluding ortho intramolecular Hbond substituents is 1. The van der Waals surface area contributed by atoms with Crippen LogP contribution in [0.4, 0.5) is 8.78 Å². The maximum Gasteiger partial charge on any atom is 0.326 e. The lowest BCUT2D eigenvalue weighted by molar-refractivity contribution is -0.144. The molecule has 0 radical (unpaired) electrons. The van der Waals surface area contributed by atoms with Gasteiger partial charge in [0.25, 0.3) is 5.91 Å². The zero-order valence-electron chi connectivity index (χ0n) is 9.14. The van der Waals surface area contributed by atoms with E-state index in [9.17, 15) is 18.4 Å². The molecule has 98 valence electrons. The van der Waals surface area contributed by atoms with Crippen LogP contribution < -0.4 is 5.32 Å². The van der Waals surface area contributed by atoms with Crippen LogP contribution in [0.25, 0.3) is 0 Å². The van der Waals surface area contributed by atoms with Crippen molar-refractivity contribution in [3.63, 3.8) is 0 Å². The number of aromatic hydroxyl groups is 1. The fourth-order valence-electron chi connectivity index (χ4n) is 1.30. The van der Waals surface area contributed by atoms with E-state index in [0.717, 1.165) is 0 Å². The molecule has 1 atom stereocenters. The number of carboxylic acids is 1. The maximum absolute atomic E-state index is 12.0. The summed E-state index contributed by atoms with van der Waals surface area (Å²) in [4.78, 5) is 21.6. The largest absolute Gasteiger partial charge is 0.508 e. The van der Waals surface area contributed by atoms with E-state index in [1.807, 2.05) is 0 Å². The molecule has 0 saturated carbocycles. The highest BCUT2D eigenvalue weighted by Crippen LogP contribution is 2.11. The van der Waals surface area contributed by atoms with Gasteiger partial charge in [0.2, 0.25) is 0 Å². The van der Waals surface area contributed by atoms with Crippen LogP contribution in [0, 0.1) is 0 Å². The van der Waals surface area contributed by atoms with Crippen molar-refractivity contribution in [1.82, 2.24) is 5.32 Å². The molecular formula is C11H11F2NO4. The van der Waals surface area contributed by atoms with Crippen molar-refractivity contribution in [2.24, 2.45) is 0 Å². The summed E-state index contributed by atoms with van der Waals surface area (Å²) >= 11 is 0.